The third-order valence-corrected chi connectivity index (χ3v) is 6.23. The van der Waals surface area contributed by atoms with Crippen molar-refractivity contribution in [3.8, 4) is 23.0 Å². The number of rotatable bonds is 7. The van der Waals surface area contributed by atoms with Crippen LogP contribution in [0.1, 0.15) is 29.7 Å². The van der Waals surface area contributed by atoms with Gasteiger partial charge in [-0.15, -0.1) is 0 Å². The zero-order valence-electron chi connectivity index (χ0n) is 20.5. The summed E-state index contributed by atoms with van der Waals surface area (Å²) in [4.78, 5) is 32.2. The summed E-state index contributed by atoms with van der Waals surface area (Å²) < 4.78 is 22.4. The first-order chi connectivity index (χ1) is 18.0. The molecule has 1 aromatic heterocycles. The molecule has 1 fully saturated rings. The number of likely N-dealkylation sites (tertiary alicyclic amines) is 1. The molecule has 190 valence electrons. The first kappa shape index (κ1) is 24.2. The van der Waals surface area contributed by atoms with Crippen molar-refractivity contribution in [1.82, 2.24) is 9.88 Å². The van der Waals surface area contributed by atoms with Crippen LogP contribution in [-0.4, -0.2) is 53.6 Å². The standard InChI is InChI=1S/C28H26N2O7/c1-3-35-20-8-6-18(13-22(20)34-2)25-24(26(31)19-7-9-21-23(14-19)37-12-11-36-21)27(32)28(33)30(25)16-17-5-4-10-29-15-17/h4-10,13-15,25,31H,3,11-12,16H2,1-2H3/b26-24+/t25-/m0/s1. The maximum Gasteiger partial charge on any atom is 0.295 e. The van der Waals surface area contributed by atoms with Gasteiger partial charge in [0.2, 0.25) is 0 Å². The number of carbonyl (C=O) groups excluding carboxylic acids is 2. The molecule has 9 heteroatoms. The number of aliphatic hydroxyl groups excluding tert-OH is 1. The van der Waals surface area contributed by atoms with Crippen molar-refractivity contribution >= 4 is 17.4 Å². The largest absolute Gasteiger partial charge is 0.507 e. The number of hydrogen-bond acceptors (Lipinski definition) is 8. The molecule has 2 aromatic carbocycles. The van der Waals surface area contributed by atoms with Crippen LogP contribution in [0, 0.1) is 0 Å². The molecule has 9 nitrogen and oxygen atoms in total. The van der Waals surface area contributed by atoms with E-state index in [1.165, 1.54) is 12.0 Å². The molecule has 1 saturated heterocycles. The van der Waals surface area contributed by atoms with Crippen LogP contribution in [0.5, 0.6) is 23.0 Å². The summed E-state index contributed by atoms with van der Waals surface area (Å²) in [5.74, 6) is 0.180. The van der Waals surface area contributed by atoms with Gasteiger partial charge in [0.25, 0.3) is 11.7 Å². The van der Waals surface area contributed by atoms with Crippen LogP contribution in [0.3, 0.4) is 0 Å². The average Bonchev–Trinajstić information content (AvgIpc) is 3.18. The fourth-order valence-corrected chi connectivity index (χ4v) is 4.55. The van der Waals surface area contributed by atoms with Gasteiger partial charge in [0.1, 0.15) is 19.0 Å². The Morgan fingerprint density at radius 3 is 2.62 bits per heavy atom. The lowest BCUT2D eigenvalue weighted by atomic mass is 9.94. The minimum atomic E-state index is -0.877. The molecule has 1 amide bonds. The van der Waals surface area contributed by atoms with Crippen LogP contribution in [0.4, 0.5) is 0 Å². The van der Waals surface area contributed by atoms with Gasteiger partial charge < -0.3 is 29.0 Å². The summed E-state index contributed by atoms with van der Waals surface area (Å²) in [7, 11) is 1.52. The second-order valence-electron chi connectivity index (χ2n) is 8.49. The number of aromatic nitrogens is 1. The Hall–Kier alpha value is -4.53. The molecule has 5 rings (SSSR count). The highest BCUT2D eigenvalue weighted by Crippen LogP contribution is 2.43. The van der Waals surface area contributed by atoms with Gasteiger partial charge >= 0.3 is 0 Å². The Balaban J connectivity index is 1.65. The van der Waals surface area contributed by atoms with E-state index in [2.05, 4.69) is 4.98 Å². The van der Waals surface area contributed by atoms with Gasteiger partial charge in [-0.3, -0.25) is 14.6 Å². The van der Waals surface area contributed by atoms with Crippen molar-refractivity contribution in [3.63, 3.8) is 0 Å². The Labute approximate surface area is 213 Å². The molecule has 0 saturated carbocycles. The maximum absolute atomic E-state index is 13.4. The number of Topliss-reactive ketones (excluding diaryl/α,β-unsaturated/α-hetero) is 1. The van der Waals surface area contributed by atoms with Crippen molar-refractivity contribution in [2.24, 2.45) is 0 Å². The molecular formula is C28H26N2O7. The van der Waals surface area contributed by atoms with Crippen LogP contribution < -0.4 is 18.9 Å². The summed E-state index contributed by atoms with van der Waals surface area (Å²) in [5, 5.41) is 11.4. The summed E-state index contributed by atoms with van der Waals surface area (Å²) in [6.45, 7) is 3.23. The number of carbonyl (C=O) groups is 2. The van der Waals surface area contributed by atoms with E-state index in [1.807, 2.05) is 13.0 Å². The maximum atomic E-state index is 13.4. The fraction of sp³-hybridized carbons (Fsp3) is 0.250. The van der Waals surface area contributed by atoms with Crippen molar-refractivity contribution in [3.05, 3.63) is 83.2 Å². The van der Waals surface area contributed by atoms with E-state index < -0.39 is 17.7 Å². The number of aliphatic hydroxyl groups is 1. The van der Waals surface area contributed by atoms with Crippen LogP contribution in [-0.2, 0) is 16.1 Å². The van der Waals surface area contributed by atoms with Crippen LogP contribution in [0.2, 0.25) is 0 Å². The van der Waals surface area contributed by atoms with Gasteiger partial charge in [0.15, 0.2) is 23.0 Å². The number of fused-ring (bicyclic) bond motifs is 1. The van der Waals surface area contributed by atoms with Crippen LogP contribution in [0.25, 0.3) is 5.76 Å². The van der Waals surface area contributed by atoms with Gasteiger partial charge in [0, 0.05) is 24.5 Å². The summed E-state index contributed by atoms with van der Waals surface area (Å²) in [5.41, 5.74) is 1.64. The van der Waals surface area contributed by atoms with Crippen LogP contribution >= 0.6 is 0 Å². The second-order valence-corrected chi connectivity index (χ2v) is 8.49. The summed E-state index contributed by atoms with van der Waals surface area (Å²) in [6.07, 6.45) is 3.27. The third-order valence-electron chi connectivity index (χ3n) is 6.23. The number of nitrogens with zero attached hydrogens (tertiary/aromatic N) is 2. The molecule has 0 spiro atoms. The number of pyridine rings is 1. The van der Waals surface area contributed by atoms with E-state index >= 15 is 0 Å². The van der Waals surface area contributed by atoms with Gasteiger partial charge in [-0.25, -0.2) is 0 Å². The molecular weight excluding hydrogens is 476 g/mol. The molecule has 0 unspecified atom stereocenters. The van der Waals surface area contributed by atoms with Gasteiger partial charge in [0.05, 0.1) is 25.3 Å². The number of hydrogen-bond donors (Lipinski definition) is 1. The minimum absolute atomic E-state index is 0.0308. The second kappa shape index (κ2) is 10.2. The number of ketones is 1. The van der Waals surface area contributed by atoms with Crippen molar-refractivity contribution in [2.45, 2.75) is 19.5 Å². The quantitative estimate of drug-likeness (QED) is 0.295. The highest BCUT2D eigenvalue weighted by molar-refractivity contribution is 6.46. The Bertz CT molecular complexity index is 1370. The normalized spacial score (nSPS) is 18.1. The fourth-order valence-electron chi connectivity index (χ4n) is 4.55. The molecule has 3 aromatic rings. The monoisotopic (exact) mass is 502 g/mol. The summed E-state index contributed by atoms with van der Waals surface area (Å²) in [6, 6.07) is 12.8. The molecule has 2 aliphatic rings. The van der Waals surface area contributed by atoms with Gasteiger partial charge in [-0.1, -0.05) is 12.1 Å². The Morgan fingerprint density at radius 1 is 1.08 bits per heavy atom. The van der Waals surface area contributed by atoms with E-state index in [-0.39, 0.29) is 17.9 Å². The van der Waals surface area contributed by atoms with E-state index in [0.29, 0.717) is 53.9 Å². The SMILES string of the molecule is CCOc1ccc([C@H]2/C(=C(\O)c3ccc4c(c3)OCCO4)C(=O)C(=O)N2Cc2cccnc2)cc1OC. The van der Waals surface area contributed by atoms with E-state index in [1.54, 1.807) is 54.9 Å². The molecule has 37 heavy (non-hydrogen) atoms. The van der Waals surface area contributed by atoms with Crippen molar-refractivity contribution in [1.29, 1.82) is 0 Å². The van der Waals surface area contributed by atoms with Gasteiger partial charge in [-0.2, -0.15) is 0 Å². The van der Waals surface area contributed by atoms with Crippen molar-refractivity contribution < 1.29 is 33.6 Å². The first-order valence-corrected chi connectivity index (χ1v) is 11.9. The molecule has 1 atom stereocenters. The average molecular weight is 503 g/mol. The molecule has 0 aliphatic carbocycles. The number of benzene rings is 2. The Morgan fingerprint density at radius 2 is 1.89 bits per heavy atom. The molecule has 2 aliphatic heterocycles. The molecule has 3 heterocycles. The minimum Gasteiger partial charge on any atom is -0.507 e. The zero-order valence-corrected chi connectivity index (χ0v) is 20.5. The lowest BCUT2D eigenvalue weighted by molar-refractivity contribution is -0.140. The molecule has 0 radical (unpaired) electrons. The predicted molar refractivity (Wildman–Crippen MR) is 134 cm³/mol. The smallest absolute Gasteiger partial charge is 0.295 e. The zero-order chi connectivity index (χ0) is 25.9. The Kier molecular flexibility index (Phi) is 6.68. The predicted octanol–water partition coefficient (Wildman–Crippen LogP) is 3.88. The van der Waals surface area contributed by atoms with E-state index in [9.17, 15) is 14.7 Å². The number of methoxy groups -OCH3 is 1. The van der Waals surface area contributed by atoms with Crippen molar-refractivity contribution in [2.75, 3.05) is 26.9 Å². The highest BCUT2D eigenvalue weighted by Gasteiger charge is 2.46. The lowest BCUT2D eigenvalue weighted by Gasteiger charge is -2.26. The highest BCUT2D eigenvalue weighted by atomic mass is 16.6. The number of amides is 1. The topological polar surface area (TPSA) is 107 Å². The third kappa shape index (κ3) is 4.55. The van der Waals surface area contributed by atoms with E-state index in [0.717, 1.165) is 5.56 Å². The van der Waals surface area contributed by atoms with E-state index in [4.69, 9.17) is 18.9 Å². The summed E-state index contributed by atoms with van der Waals surface area (Å²) >= 11 is 0. The van der Waals surface area contributed by atoms with Crippen LogP contribution in [0.15, 0.2) is 66.5 Å². The van der Waals surface area contributed by atoms with Gasteiger partial charge in [-0.05, 0) is 54.4 Å². The molecule has 1 N–H and O–H groups in total. The number of ether oxygens (including phenoxy) is 4. The first-order valence-electron chi connectivity index (χ1n) is 11.9. The molecule has 0 bridgehead atoms. The lowest BCUT2D eigenvalue weighted by Crippen LogP contribution is -2.29.